The SMILES string of the molecule is CC(C)(C)Cc1cc(NC(=O)Cc2ccc(-c3nn(C4CNC4)c(N)c3C(N)=O)cc2)on1. The highest BCUT2D eigenvalue weighted by atomic mass is 16.5. The first-order valence-corrected chi connectivity index (χ1v) is 10.8. The number of rotatable bonds is 7. The molecule has 0 radical (unpaired) electrons. The minimum absolute atomic E-state index is 0.0730. The number of carbonyl (C=O) groups excluding carboxylic acids is 2. The van der Waals surface area contributed by atoms with Gasteiger partial charge in [0.15, 0.2) is 0 Å². The Morgan fingerprint density at radius 1 is 1.24 bits per heavy atom. The van der Waals surface area contributed by atoms with Crippen LogP contribution in [0.1, 0.15) is 48.4 Å². The van der Waals surface area contributed by atoms with Crippen molar-refractivity contribution in [2.75, 3.05) is 24.1 Å². The number of aromatic nitrogens is 3. The number of amides is 2. The molecule has 0 atom stereocenters. The van der Waals surface area contributed by atoms with Crippen LogP contribution >= 0.6 is 0 Å². The molecule has 3 aromatic rings. The maximum Gasteiger partial charge on any atom is 0.254 e. The standard InChI is InChI=1S/C23H29N7O3/c1-23(2,3)10-15-9-18(33-29-15)27-17(31)8-13-4-6-14(7-5-13)20-19(22(25)32)21(24)30(28-20)16-11-26-12-16/h4-7,9,16,26H,8,10-12,24H2,1-3H3,(H2,25,32)(H,27,31). The van der Waals surface area contributed by atoms with Gasteiger partial charge in [0.2, 0.25) is 11.8 Å². The van der Waals surface area contributed by atoms with Crippen molar-refractivity contribution in [1.82, 2.24) is 20.3 Å². The van der Waals surface area contributed by atoms with Gasteiger partial charge in [-0.1, -0.05) is 50.2 Å². The van der Waals surface area contributed by atoms with Crippen molar-refractivity contribution in [2.24, 2.45) is 11.1 Å². The molecule has 3 heterocycles. The molecule has 1 aliphatic heterocycles. The van der Waals surface area contributed by atoms with Crippen molar-refractivity contribution in [3.8, 4) is 11.3 Å². The molecule has 6 N–H and O–H groups in total. The minimum Gasteiger partial charge on any atom is -0.383 e. The van der Waals surface area contributed by atoms with Crippen LogP contribution in [0.5, 0.6) is 0 Å². The van der Waals surface area contributed by atoms with E-state index in [2.05, 4.69) is 41.7 Å². The van der Waals surface area contributed by atoms with Crippen LogP contribution in [0.3, 0.4) is 0 Å². The predicted octanol–water partition coefficient (Wildman–Crippen LogP) is 2.13. The minimum atomic E-state index is -0.623. The summed E-state index contributed by atoms with van der Waals surface area (Å²) >= 11 is 0. The van der Waals surface area contributed by atoms with Gasteiger partial charge in [0, 0.05) is 24.7 Å². The van der Waals surface area contributed by atoms with Crippen molar-refractivity contribution < 1.29 is 14.1 Å². The number of nitrogen functional groups attached to an aromatic ring is 1. The van der Waals surface area contributed by atoms with Crippen LogP contribution in [0.15, 0.2) is 34.9 Å². The topological polar surface area (TPSA) is 154 Å². The van der Waals surface area contributed by atoms with Gasteiger partial charge in [-0.2, -0.15) is 5.10 Å². The number of nitrogens with zero attached hydrogens (tertiary/aromatic N) is 3. The van der Waals surface area contributed by atoms with Crippen LogP contribution in [0.2, 0.25) is 0 Å². The number of nitrogens with two attached hydrogens (primary N) is 2. The zero-order chi connectivity index (χ0) is 23.8. The lowest BCUT2D eigenvalue weighted by Gasteiger charge is -2.28. The monoisotopic (exact) mass is 451 g/mol. The van der Waals surface area contributed by atoms with Gasteiger partial charge in [0.05, 0.1) is 18.2 Å². The summed E-state index contributed by atoms with van der Waals surface area (Å²) in [5, 5.41) is 14.5. The quantitative estimate of drug-likeness (QED) is 0.429. The molecule has 2 amide bonds. The lowest BCUT2D eigenvalue weighted by molar-refractivity contribution is -0.115. The molecule has 4 rings (SSSR count). The molecular weight excluding hydrogens is 422 g/mol. The molecule has 1 aromatic carbocycles. The zero-order valence-corrected chi connectivity index (χ0v) is 19.0. The Balaban J connectivity index is 1.45. The number of hydrogen-bond acceptors (Lipinski definition) is 7. The molecule has 1 aliphatic rings. The highest BCUT2D eigenvalue weighted by molar-refractivity contribution is 6.03. The van der Waals surface area contributed by atoms with E-state index in [1.807, 2.05) is 12.1 Å². The molecule has 0 spiro atoms. The predicted molar refractivity (Wildman–Crippen MR) is 124 cm³/mol. The molecule has 0 bridgehead atoms. The summed E-state index contributed by atoms with van der Waals surface area (Å²) in [6.45, 7) is 7.80. The number of anilines is 2. The summed E-state index contributed by atoms with van der Waals surface area (Å²) in [6, 6.07) is 9.07. The van der Waals surface area contributed by atoms with Crippen LogP contribution in [0.4, 0.5) is 11.7 Å². The Labute approximate surface area is 191 Å². The molecule has 10 nitrogen and oxygen atoms in total. The molecule has 0 unspecified atom stereocenters. The summed E-state index contributed by atoms with van der Waals surface area (Å²) in [4.78, 5) is 24.5. The van der Waals surface area contributed by atoms with Crippen LogP contribution in [0, 0.1) is 5.41 Å². The van der Waals surface area contributed by atoms with E-state index in [9.17, 15) is 9.59 Å². The van der Waals surface area contributed by atoms with E-state index in [1.165, 1.54) is 0 Å². The van der Waals surface area contributed by atoms with Gasteiger partial charge in [-0.05, 0) is 17.4 Å². The van der Waals surface area contributed by atoms with Gasteiger partial charge in [0.1, 0.15) is 17.1 Å². The number of carbonyl (C=O) groups is 2. The third kappa shape index (κ3) is 5.06. The van der Waals surface area contributed by atoms with Crippen LogP contribution in [-0.2, 0) is 17.6 Å². The average Bonchev–Trinajstić information content (AvgIpc) is 3.24. The average molecular weight is 452 g/mol. The summed E-state index contributed by atoms with van der Waals surface area (Å²) in [7, 11) is 0. The summed E-state index contributed by atoms with van der Waals surface area (Å²) in [5.41, 5.74) is 14.8. The molecule has 33 heavy (non-hydrogen) atoms. The van der Waals surface area contributed by atoms with Crippen LogP contribution in [0.25, 0.3) is 11.3 Å². The van der Waals surface area contributed by atoms with Gasteiger partial charge < -0.3 is 21.3 Å². The number of hydrogen-bond donors (Lipinski definition) is 4. The Kier molecular flexibility index (Phi) is 5.94. The molecular formula is C23H29N7O3. The fraction of sp³-hybridized carbons (Fsp3) is 0.391. The second-order valence-corrected chi connectivity index (χ2v) is 9.57. The van der Waals surface area contributed by atoms with Crippen LogP contribution < -0.4 is 22.1 Å². The van der Waals surface area contributed by atoms with E-state index >= 15 is 0 Å². The maximum absolute atomic E-state index is 12.4. The van der Waals surface area contributed by atoms with E-state index in [1.54, 1.807) is 22.9 Å². The molecule has 10 heteroatoms. The van der Waals surface area contributed by atoms with Crippen LogP contribution in [-0.4, -0.2) is 39.8 Å². The Hall–Kier alpha value is -3.66. The van der Waals surface area contributed by atoms with Crippen molar-refractivity contribution in [3.05, 3.63) is 47.2 Å². The molecule has 1 fully saturated rings. The lowest BCUT2D eigenvalue weighted by Crippen LogP contribution is -2.44. The third-order valence-corrected chi connectivity index (χ3v) is 5.42. The van der Waals surface area contributed by atoms with Crippen molar-refractivity contribution >= 4 is 23.5 Å². The number of nitrogens with one attached hydrogen (secondary N) is 2. The normalized spacial score (nSPS) is 14.2. The third-order valence-electron chi connectivity index (χ3n) is 5.42. The zero-order valence-electron chi connectivity index (χ0n) is 19.0. The van der Waals surface area contributed by atoms with Gasteiger partial charge in [-0.25, -0.2) is 4.68 Å². The molecule has 0 saturated carbocycles. The highest BCUT2D eigenvalue weighted by Gasteiger charge is 2.28. The Bertz CT molecular complexity index is 1170. The molecule has 1 saturated heterocycles. The lowest BCUT2D eigenvalue weighted by atomic mass is 9.91. The van der Waals surface area contributed by atoms with Crippen molar-refractivity contribution in [1.29, 1.82) is 0 Å². The first-order valence-electron chi connectivity index (χ1n) is 10.8. The van der Waals surface area contributed by atoms with Gasteiger partial charge >= 0.3 is 0 Å². The van der Waals surface area contributed by atoms with Gasteiger partial charge in [0.25, 0.3) is 5.91 Å². The molecule has 174 valence electrons. The Morgan fingerprint density at radius 2 is 1.94 bits per heavy atom. The van der Waals surface area contributed by atoms with Gasteiger partial charge in [-0.15, -0.1) is 0 Å². The largest absolute Gasteiger partial charge is 0.383 e. The first kappa shape index (κ1) is 22.5. The van der Waals surface area contributed by atoms with Crippen molar-refractivity contribution in [2.45, 2.75) is 39.7 Å². The molecule has 0 aliphatic carbocycles. The fourth-order valence-electron chi connectivity index (χ4n) is 3.76. The summed E-state index contributed by atoms with van der Waals surface area (Å²) < 4.78 is 6.88. The second-order valence-electron chi connectivity index (χ2n) is 9.57. The smallest absolute Gasteiger partial charge is 0.254 e. The van der Waals surface area contributed by atoms with Gasteiger partial charge in [-0.3, -0.25) is 14.9 Å². The maximum atomic E-state index is 12.4. The molecule has 2 aromatic heterocycles. The number of benzene rings is 1. The van der Waals surface area contributed by atoms with E-state index in [-0.39, 0.29) is 35.2 Å². The Morgan fingerprint density at radius 3 is 2.52 bits per heavy atom. The second kappa shape index (κ2) is 8.70. The first-order chi connectivity index (χ1) is 15.6. The van der Waals surface area contributed by atoms with E-state index in [0.717, 1.165) is 30.8 Å². The van der Waals surface area contributed by atoms with E-state index in [4.69, 9.17) is 16.0 Å². The van der Waals surface area contributed by atoms with E-state index in [0.29, 0.717) is 17.1 Å². The highest BCUT2D eigenvalue weighted by Crippen LogP contribution is 2.30. The summed E-state index contributed by atoms with van der Waals surface area (Å²) in [5.74, 6) is -0.244. The van der Waals surface area contributed by atoms with Crippen molar-refractivity contribution in [3.63, 3.8) is 0 Å². The summed E-state index contributed by atoms with van der Waals surface area (Å²) in [6.07, 6.45) is 0.904. The van der Waals surface area contributed by atoms with E-state index < -0.39 is 5.91 Å². The fourth-order valence-corrected chi connectivity index (χ4v) is 3.76. The number of primary amides is 1.